The number of hydrogen-bond acceptors (Lipinski definition) is 13. The van der Waals surface area contributed by atoms with E-state index in [1.165, 1.54) is 0 Å². The Morgan fingerprint density at radius 3 is 1.64 bits per heavy atom. The molecule has 0 bridgehead atoms. The maximum Gasteiger partial charge on any atom is 0.340 e. The van der Waals surface area contributed by atoms with Crippen molar-refractivity contribution >= 4 is 56.4 Å². The van der Waals surface area contributed by atoms with Crippen LogP contribution >= 0.6 is 0 Å². The fourth-order valence-corrected chi connectivity index (χ4v) is 5.08. The average molecular weight is 606 g/mol. The second-order valence-corrected chi connectivity index (χ2v) is 9.49. The molecule has 0 atom stereocenters. The van der Waals surface area contributed by atoms with E-state index in [4.69, 9.17) is 13.6 Å². The highest BCUT2D eigenvalue weighted by Crippen LogP contribution is 2.43. The third-order valence-electron chi connectivity index (χ3n) is 6.91. The molecule has 0 aliphatic rings. The molecule has 0 radical (unpaired) electrons. The number of benzene rings is 3. The third kappa shape index (κ3) is 3.98. The molecule has 44 heavy (non-hydrogen) atoms. The van der Waals surface area contributed by atoms with Gasteiger partial charge in [-0.1, -0.05) is 0 Å². The zero-order chi connectivity index (χ0) is 32.5. The summed E-state index contributed by atoms with van der Waals surface area (Å²) >= 11 is 0. The molecule has 224 valence electrons. The first-order chi connectivity index (χ1) is 20.6. The fraction of sp³-hybridized carbons (Fsp3) is 0.103. The quantitative estimate of drug-likeness (QED) is 0.0919. The monoisotopic (exact) mass is 606 g/mol. The van der Waals surface area contributed by atoms with Gasteiger partial charge in [-0.15, -0.1) is 0 Å². The van der Waals surface area contributed by atoms with Crippen LogP contribution in [-0.4, -0.2) is 61.3 Å². The lowest BCUT2D eigenvalue weighted by atomic mass is 9.88. The highest BCUT2D eigenvalue weighted by molar-refractivity contribution is 6.19. The summed E-state index contributed by atoms with van der Waals surface area (Å²) in [7, 11) is 1.03. The number of ether oxygens (including phenoxy) is 1. The number of carboxylic acid groups (broad SMARTS) is 2. The Kier molecular flexibility index (Phi) is 6.53. The van der Waals surface area contributed by atoms with Crippen molar-refractivity contribution in [2.24, 2.45) is 0 Å². The van der Waals surface area contributed by atoms with Crippen LogP contribution in [-0.2, 0) is 0 Å². The summed E-state index contributed by atoms with van der Waals surface area (Å²) in [6, 6.07) is 2.37. The van der Waals surface area contributed by atoms with E-state index in [1.54, 1.807) is 0 Å². The summed E-state index contributed by atoms with van der Waals surface area (Å²) < 4.78 is 16.5. The van der Waals surface area contributed by atoms with Gasteiger partial charge in [0.2, 0.25) is 10.9 Å². The minimum atomic E-state index is -1.85. The van der Waals surface area contributed by atoms with Crippen LogP contribution in [0.3, 0.4) is 0 Å². The summed E-state index contributed by atoms with van der Waals surface area (Å²) in [4.78, 5) is 77.9. The highest BCUT2D eigenvalue weighted by Gasteiger charge is 2.33. The third-order valence-corrected chi connectivity index (χ3v) is 6.91. The van der Waals surface area contributed by atoms with Gasteiger partial charge in [0.25, 0.3) is 5.95 Å². The van der Waals surface area contributed by atoms with E-state index in [2.05, 4.69) is 0 Å². The molecular formula is C29H18O15. The van der Waals surface area contributed by atoms with Gasteiger partial charge in [-0.05, 0) is 19.9 Å². The summed E-state index contributed by atoms with van der Waals surface area (Å²) in [6.45, 7) is 1.98. The lowest BCUT2D eigenvalue weighted by Gasteiger charge is -2.17. The van der Waals surface area contributed by atoms with Gasteiger partial charge in [0.05, 0.1) is 28.8 Å². The van der Waals surface area contributed by atoms with Gasteiger partial charge >= 0.3 is 11.9 Å². The molecule has 0 unspecified atom stereocenters. The van der Waals surface area contributed by atoms with E-state index in [0.717, 1.165) is 39.2 Å². The van der Waals surface area contributed by atoms with Gasteiger partial charge in [0.15, 0.2) is 34.6 Å². The van der Waals surface area contributed by atoms with E-state index >= 15 is 0 Å². The Balaban J connectivity index is 2.11. The minimum absolute atomic E-state index is 0.487. The number of rotatable bonds is 6. The molecule has 2 heterocycles. The Morgan fingerprint density at radius 1 is 0.682 bits per heavy atom. The normalized spacial score (nSPS) is 11.2. The summed E-state index contributed by atoms with van der Waals surface area (Å²) in [5, 5.41) is 57.9. The summed E-state index contributed by atoms with van der Waals surface area (Å²) in [5.74, 6) is -10.3. The molecule has 3 aromatic carbocycles. The number of carbonyl (C=O) groups excluding carboxylic acids is 2. The van der Waals surface area contributed by atoms with Crippen molar-refractivity contribution in [2.75, 3.05) is 7.11 Å². The number of hydrogen-bond donors (Lipinski definition) is 6. The molecule has 15 nitrogen and oxygen atoms in total. The SMILES string of the molecule is COc1oc2cc(O)c(O)c(C(=O)O)c2c(=O)c1-c1c(C(C)=O)cc2c(=O)c3c(C(=O)O)c(O)c(O)cc3oc2c1C(C)=O. The number of ketones is 2. The van der Waals surface area contributed by atoms with Crippen LogP contribution in [0, 0.1) is 0 Å². The van der Waals surface area contributed by atoms with Gasteiger partial charge in [-0.2, -0.15) is 0 Å². The summed E-state index contributed by atoms with van der Waals surface area (Å²) in [5.41, 5.74) is -8.49. The lowest BCUT2D eigenvalue weighted by Crippen LogP contribution is -2.17. The number of phenols is 4. The fourth-order valence-electron chi connectivity index (χ4n) is 5.08. The molecule has 0 spiro atoms. The number of methoxy groups -OCH3 is 1. The standard InChI is InChI=1S/C29H18O15/c1-7(30)9-4-10-22(34)17-13(5-11(32)23(35)19(17)27(38)39)43-26(10)15(8(2)31)16(9)21-25(37)18-14(44-29(21)42-3)6-12(33)24(36)20(18)28(40)41/h4-6,32-33,35-36H,1-3H3,(H,38,39)(H,40,41). The molecule has 5 aromatic rings. The smallest absolute Gasteiger partial charge is 0.340 e. The van der Waals surface area contributed by atoms with Crippen LogP contribution < -0.4 is 15.6 Å². The van der Waals surface area contributed by atoms with Crippen LogP contribution in [0.2, 0.25) is 0 Å². The Labute approximate surface area is 242 Å². The highest BCUT2D eigenvalue weighted by atomic mass is 16.6. The lowest BCUT2D eigenvalue weighted by molar-refractivity contribution is 0.0684. The number of aromatic carboxylic acids is 2. The first-order valence-electron chi connectivity index (χ1n) is 12.2. The van der Waals surface area contributed by atoms with E-state index in [-0.39, 0.29) is 0 Å². The predicted molar refractivity (Wildman–Crippen MR) is 149 cm³/mol. The van der Waals surface area contributed by atoms with Crippen LogP contribution in [0.25, 0.3) is 44.0 Å². The number of carboxylic acids is 2. The van der Waals surface area contributed by atoms with Crippen LogP contribution in [0.15, 0.2) is 36.6 Å². The van der Waals surface area contributed by atoms with E-state index < -0.39 is 130 Å². The Morgan fingerprint density at radius 2 is 1.18 bits per heavy atom. The molecule has 6 N–H and O–H groups in total. The zero-order valence-corrected chi connectivity index (χ0v) is 22.6. The van der Waals surface area contributed by atoms with Crippen LogP contribution in [0.1, 0.15) is 55.3 Å². The van der Waals surface area contributed by atoms with Gasteiger partial charge in [0.1, 0.15) is 33.4 Å². The maximum atomic E-state index is 14.0. The molecular weight excluding hydrogens is 588 g/mol. The molecule has 0 saturated heterocycles. The van der Waals surface area contributed by atoms with Crippen molar-refractivity contribution < 1.29 is 63.4 Å². The van der Waals surface area contributed by atoms with Crippen molar-refractivity contribution in [2.45, 2.75) is 13.8 Å². The van der Waals surface area contributed by atoms with Crippen molar-refractivity contribution in [3.63, 3.8) is 0 Å². The number of fused-ring (bicyclic) bond motifs is 3. The first kappa shape index (κ1) is 29.1. The topological polar surface area (TPSA) is 259 Å². The average Bonchev–Trinajstić information content (AvgIpc) is 2.93. The predicted octanol–water partition coefficient (Wildman–Crippen LogP) is 3.35. The maximum absolute atomic E-state index is 14.0. The van der Waals surface area contributed by atoms with Gasteiger partial charge < -0.3 is 44.2 Å². The molecule has 0 fully saturated rings. The first-order valence-corrected chi connectivity index (χ1v) is 12.2. The number of carbonyl (C=O) groups is 4. The van der Waals surface area contributed by atoms with Gasteiger partial charge in [-0.3, -0.25) is 19.2 Å². The number of Topliss-reactive ketones (excluding diaryl/α,β-unsaturated/α-hetero) is 2. The molecule has 0 aliphatic heterocycles. The van der Waals surface area contributed by atoms with E-state index in [0.29, 0.717) is 0 Å². The van der Waals surface area contributed by atoms with E-state index in [1.807, 2.05) is 0 Å². The molecule has 0 saturated carbocycles. The zero-order valence-electron chi connectivity index (χ0n) is 22.6. The second-order valence-electron chi connectivity index (χ2n) is 9.49. The van der Waals surface area contributed by atoms with Gasteiger partial charge in [0, 0.05) is 23.3 Å². The number of aromatic hydroxyl groups is 4. The molecule has 2 aromatic heterocycles. The van der Waals surface area contributed by atoms with Crippen molar-refractivity contribution in [3.05, 3.63) is 60.9 Å². The largest absolute Gasteiger partial charge is 0.504 e. The molecule has 0 amide bonds. The molecule has 5 rings (SSSR count). The van der Waals surface area contributed by atoms with Crippen molar-refractivity contribution in [3.8, 4) is 40.1 Å². The molecule has 15 heteroatoms. The number of phenolic OH excluding ortho intramolecular Hbond substituents is 2. The Hall–Kier alpha value is -6.38. The second kappa shape index (κ2) is 9.87. The van der Waals surface area contributed by atoms with Crippen LogP contribution in [0.4, 0.5) is 0 Å². The van der Waals surface area contributed by atoms with Crippen molar-refractivity contribution in [1.82, 2.24) is 0 Å². The Bertz CT molecular complexity index is 2300. The van der Waals surface area contributed by atoms with E-state index in [9.17, 15) is 59.4 Å². The minimum Gasteiger partial charge on any atom is -0.504 e. The van der Waals surface area contributed by atoms with Crippen LogP contribution in [0.5, 0.6) is 28.9 Å². The van der Waals surface area contributed by atoms with Gasteiger partial charge in [-0.25, -0.2) is 9.59 Å². The molecule has 0 aliphatic carbocycles. The van der Waals surface area contributed by atoms with Crippen molar-refractivity contribution in [1.29, 1.82) is 0 Å². The summed E-state index contributed by atoms with van der Waals surface area (Å²) in [6.07, 6.45) is 0.